The van der Waals surface area contributed by atoms with Crippen LogP contribution in [0.5, 0.6) is 0 Å². The molecule has 27 heavy (non-hydrogen) atoms. The van der Waals surface area contributed by atoms with Crippen LogP contribution in [0.15, 0.2) is 60.0 Å². The molecule has 0 spiro atoms. The second-order valence-electron chi connectivity index (χ2n) is 6.54. The molecule has 0 aliphatic carbocycles. The van der Waals surface area contributed by atoms with Crippen LogP contribution in [0, 0.1) is 0 Å². The van der Waals surface area contributed by atoms with E-state index in [1.807, 2.05) is 13.1 Å². The van der Waals surface area contributed by atoms with E-state index in [-0.39, 0.29) is 5.28 Å². The summed E-state index contributed by atoms with van der Waals surface area (Å²) >= 11 is 7.83. The van der Waals surface area contributed by atoms with Crippen molar-refractivity contribution in [2.45, 2.75) is 19.9 Å². The fourth-order valence-electron chi connectivity index (χ4n) is 3.24. The van der Waals surface area contributed by atoms with Gasteiger partial charge in [0.05, 0.1) is 5.39 Å². The third kappa shape index (κ3) is 3.68. The fourth-order valence-corrected chi connectivity index (χ4v) is 4.40. The third-order valence-electron chi connectivity index (χ3n) is 4.68. The molecule has 0 amide bonds. The molecule has 0 saturated heterocycles. The number of hydrogen-bond acceptors (Lipinski definition) is 4. The molecule has 0 fully saturated rings. The maximum Gasteiger partial charge on any atom is 0.225 e. The Hall–Kier alpha value is -2.43. The average Bonchev–Trinajstić information content (AvgIpc) is 3.11. The van der Waals surface area contributed by atoms with Gasteiger partial charge in [0.1, 0.15) is 10.6 Å². The molecule has 0 bridgehead atoms. The van der Waals surface area contributed by atoms with E-state index >= 15 is 0 Å². The number of fused-ring (bicyclic) bond motifs is 1. The number of anilines is 1. The predicted molar refractivity (Wildman–Crippen MR) is 116 cm³/mol. The summed E-state index contributed by atoms with van der Waals surface area (Å²) in [7, 11) is 2.05. The van der Waals surface area contributed by atoms with E-state index in [1.165, 1.54) is 16.7 Å². The largest absolute Gasteiger partial charge is 0.355 e. The maximum atomic E-state index is 6.22. The van der Waals surface area contributed by atoms with Crippen molar-refractivity contribution in [2.24, 2.45) is 0 Å². The smallest absolute Gasteiger partial charge is 0.225 e. The molecule has 2 aromatic heterocycles. The van der Waals surface area contributed by atoms with Crippen LogP contribution in [0.3, 0.4) is 0 Å². The second-order valence-corrected chi connectivity index (χ2v) is 7.73. The molecule has 5 heteroatoms. The zero-order valence-electron chi connectivity index (χ0n) is 15.3. The van der Waals surface area contributed by atoms with Crippen LogP contribution < -0.4 is 4.90 Å². The summed E-state index contributed by atoms with van der Waals surface area (Å²) in [5.74, 6) is 0.865. The van der Waals surface area contributed by atoms with Gasteiger partial charge in [0.2, 0.25) is 5.28 Å². The highest BCUT2D eigenvalue weighted by atomic mass is 35.5. The van der Waals surface area contributed by atoms with Gasteiger partial charge in [-0.15, -0.1) is 11.3 Å². The van der Waals surface area contributed by atoms with Gasteiger partial charge in [-0.25, -0.2) is 4.98 Å². The van der Waals surface area contributed by atoms with Crippen molar-refractivity contribution in [1.29, 1.82) is 0 Å². The molecule has 0 aliphatic rings. The van der Waals surface area contributed by atoms with Crippen LogP contribution in [0.4, 0.5) is 5.82 Å². The lowest BCUT2D eigenvalue weighted by Crippen LogP contribution is -2.18. The zero-order chi connectivity index (χ0) is 18.8. The van der Waals surface area contributed by atoms with Crippen LogP contribution in [-0.2, 0) is 13.0 Å². The van der Waals surface area contributed by atoms with Crippen molar-refractivity contribution in [2.75, 3.05) is 11.9 Å². The molecule has 3 nitrogen and oxygen atoms in total. The van der Waals surface area contributed by atoms with Gasteiger partial charge in [0.25, 0.3) is 0 Å². The van der Waals surface area contributed by atoms with E-state index in [4.69, 9.17) is 11.6 Å². The van der Waals surface area contributed by atoms with Crippen LogP contribution in [0.1, 0.15) is 18.1 Å². The summed E-state index contributed by atoms with van der Waals surface area (Å²) < 4.78 is 0. The Balaban J connectivity index is 1.80. The highest BCUT2D eigenvalue weighted by Crippen LogP contribution is 2.39. The van der Waals surface area contributed by atoms with Crippen LogP contribution in [0.2, 0.25) is 5.28 Å². The maximum absolute atomic E-state index is 6.22. The van der Waals surface area contributed by atoms with E-state index in [0.717, 1.165) is 34.6 Å². The summed E-state index contributed by atoms with van der Waals surface area (Å²) in [6.07, 6.45) is 1.04. The Kier molecular flexibility index (Phi) is 5.10. The normalized spacial score (nSPS) is 11.1. The number of benzene rings is 2. The van der Waals surface area contributed by atoms with Crippen molar-refractivity contribution in [3.8, 4) is 11.1 Å². The molecule has 0 N–H and O–H groups in total. The van der Waals surface area contributed by atoms with Crippen molar-refractivity contribution in [3.63, 3.8) is 0 Å². The topological polar surface area (TPSA) is 29.0 Å². The quantitative estimate of drug-likeness (QED) is 0.377. The molecule has 2 heterocycles. The molecule has 0 unspecified atom stereocenters. The highest BCUT2D eigenvalue weighted by Gasteiger charge is 2.18. The Bertz CT molecular complexity index is 1060. The minimum atomic E-state index is 0.284. The minimum Gasteiger partial charge on any atom is -0.355 e. The summed E-state index contributed by atoms with van der Waals surface area (Å²) in [5.41, 5.74) is 4.90. The first kappa shape index (κ1) is 18.0. The SMILES string of the molecule is CCc1ccc(-c2csc3nc(Cl)nc(N(C)Cc4ccccc4)c23)cc1. The highest BCUT2D eigenvalue weighted by molar-refractivity contribution is 7.17. The van der Waals surface area contributed by atoms with Gasteiger partial charge >= 0.3 is 0 Å². The van der Waals surface area contributed by atoms with Crippen LogP contribution in [-0.4, -0.2) is 17.0 Å². The number of nitrogens with zero attached hydrogens (tertiary/aromatic N) is 3. The van der Waals surface area contributed by atoms with Crippen molar-refractivity contribution in [3.05, 3.63) is 76.4 Å². The Morgan fingerprint density at radius 1 is 0.963 bits per heavy atom. The van der Waals surface area contributed by atoms with Gasteiger partial charge in [-0.05, 0) is 34.7 Å². The first-order valence-corrected chi connectivity index (χ1v) is 10.2. The molecule has 136 valence electrons. The number of rotatable bonds is 5. The van der Waals surface area contributed by atoms with Gasteiger partial charge in [0, 0.05) is 24.5 Å². The van der Waals surface area contributed by atoms with Crippen molar-refractivity contribution >= 4 is 39.0 Å². The van der Waals surface area contributed by atoms with Crippen molar-refractivity contribution in [1.82, 2.24) is 9.97 Å². The second kappa shape index (κ2) is 7.67. The van der Waals surface area contributed by atoms with Crippen LogP contribution in [0.25, 0.3) is 21.3 Å². The van der Waals surface area contributed by atoms with E-state index in [2.05, 4.69) is 75.7 Å². The Morgan fingerprint density at radius 2 is 1.70 bits per heavy atom. The number of aromatic nitrogens is 2. The Labute approximate surface area is 168 Å². The van der Waals surface area contributed by atoms with E-state index < -0.39 is 0 Å². The number of aryl methyl sites for hydroxylation is 1. The van der Waals surface area contributed by atoms with E-state index in [1.54, 1.807) is 11.3 Å². The summed E-state index contributed by atoms with van der Waals surface area (Å²) in [6.45, 7) is 2.93. The molecule has 0 radical (unpaired) electrons. The van der Waals surface area contributed by atoms with Gasteiger partial charge in [-0.2, -0.15) is 4.98 Å². The Morgan fingerprint density at radius 3 is 2.41 bits per heavy atom. The molecule has 4 rings (SSSR count). The minimum absolute atomic E-state index is 0.284. The fraction of sp³-hybridized carbons (Fsp3) is 0.182. The van der Waals surface area contributed by atoms with Crippen molar-refractivity contribution < 1.29 is 0 Å². The summed E-state index contributed by atoms with van der Waals surface area (Å²) in [4.78, 5) is 12.1. The number of halogens is 1. The van der Waals surface area contributed by atoms with E-state index in [0.29, 0.717) is 0 Å². The van der Waals surface area contributed by atoms with Gasteiger partial charge in [0.15, 0.2) is 0 Å². The first-order chi connectivity index (χ1) is 13.2. The summed E-state index contributed by atoms with van der Waals surface area (Å²) in [5, 5.41) is 3.50. The lowest BCUT2D eigenvalue weighted by molar-refractivity contribution is 0.901. The standard InChI is InChI=1S/C22H20ClN3S/c1-3-15-9-11-17(12-10-15)18-14-27-21-19(18)20(24-22(23)25-21)26(2)13-16-7-5-4-6-8-16/h4-12,14H,3,13H2,1-2H3. The van der Waals surface area contributed by atoms with E-state index in [9.17, 15) is 0 Å². The number of hydrogen-bond donors (Lipinski definition) is 0. The van der Waals surface area contributed by atoms with Gasteiger partial charge in [-0.1, -0.05) is 61.5 Å². The van der Waals surface area contributed by atoms with Gasteiger partial charge in [-0.3, -0.25) is 0 Å². The molecule has 2 aromatic carbocycles. The van der Waals surface area contributed by atoms with Gasteiger partial charge < -0.3 is 4.90 Å². The monoisotopic (exact) mass is 393 g/mol. The van der Waals surface area contributed by atoms with Crippen LogP contribution >= 0.6 is 22.9 Å². The zero-order valence-corrected chi connectivity index (χ0v) is 16.9. The lowest BCUT2D eigenvalue weighted by atomic mass is 10.0. The third-order valence-corrected chi connectivity index (χ3v) is 5.73. The molecular weight excluding hydrogens is 374 g/mol. The lowest BCUT2D eigenvalue weighted by Gasteiger charge is -2.20. The molecule has 0 atom stereocenters. The molecule has 4 aromatic rings. The molecular formula is C22H20ClN3S. The predicted octanol–water partition coefficient (Wildman–Crippen LogP) is 6.21. The summed E-state index contributed by atoms with van der Waals surface area (Å²) in [6, 6.07) is 19.1. The first-order valence-electron chi connectivity index (χ1n) is 8.95. The average molecular weight is 394 g/mol. The number of thiophene rings is 1. The molecule has 0 aliphatic heterocycles. The molecule has 0 saturated carbocycles.